The first-order valence-corrected chi connectivity index (χ1v) is 8.34. The molecule has 1 aliphatic heterocycles. The Morgan fingerprint density at radius 2 is 2.14 bits per heavy atom. The van der Waals surface area contributed by atoms with E-state index >= 15 is 0 Å². The molecular weight excluding hydrogens is 294 g/mol. The molecule has 0 atom stereocenters. The van der Waals surface area contributed by atoms with Crippen molar-refractivity contribution in [2.24, 2.45) is 5.10 Å². The van der Waals surface area contributed by atoms with Crippen LogP contribution in [0.2, 0.25) is 0 Å². The van der Waals surface area contributed by atoms with Crippen LogP contribution in [-0.2, 0) is 0 Å². The minimum atomic E-state index is -0.169. The second-order valence-corrected chi connectivity index (χ2v) is 6.36. The number of nitrogens with zero attached hydrogens (tertiary/aromatic N) is 2. The lowest BCUT2D eigenvalue weighted by Gasteiger charge is -2.18. The number of carbonyl (C=O) groups excluding carboxylic acids is 1. The van der Waals surface area contributed by atoms with Crippen LogP contribution in [0.25, 0.3) is 0 Å². The molecule has 3 rings (SSSR count). The largest absolute Gasteiger partial charge is 0.372 e. The van der Waals surface area contributed by atoms with E-state index in [0.717, 1.165) is 18.7 Å². The third-order valence-electron chi connectivity index (χ3n) is 3.84. The molecule has 22 heavy (non-hydrogen) atoms. The lowest BCUT2D eigenvalue weighted by atomic mass is 10.1. The predicted molar refractivity (Wildman–Crippen MR) is 92.0 cm³/mol. The second-order valence-electron chi connectivity index (χ2n) is 5.41. The molecule has 1 saturated heterocycles. The van der Waals surface area contributed by atoms with Crippen LogP contribution >= 0.6 is 11.3 Å². The van der Waals surface area contributed by atoms with Gasteiger partial charge in [0.25, 0.3) is 5.91 Å². The summed E-state index contributed by atoms with van der Waals surface area (Å²) in [5.41, 5.74) is 6.02. The van der Waals surface area contributed by atoms with Crippen molar-refractivity contribution in [1.82, 2.24) is 5.43 Å². The van der Waals surface area contributed by atoms with Crippen LogP contribution in [0.3, 0.4) is 0 Å². The number of hydrogen-bond donors (Lipinski definition) is 1. The first kappa shape index (κ1) is 14.8. The van der Waals surface area contributed by atoms with Gasteiger partial charge in [0.2, 0.25) is 0 Å². The second kappa shape index (κ2) is 6.75. The first-order chi connectivity index (χ1) is 10.7. The molecule has 1 aromatic heterocycles. The lowest BCUT2D eigenvalue weighted by Crippen LogP contribution is -2.18. The molecule has 2 heterocycles. The Morgan fingerprint density at radius 1 is 1.32 bits per heavy atom. The summed E-state index contributed by atoms with van der Waals surface area (Å²) >= 11 is 1.41. The van der Waals surface area contributed by atoms with Crippen molar-refractivity contribution in [2.45, 2.75) is 19.8 Å². The van der Waals surface area contributed by atoms with Crippen LogP contribution in [0.15, 0.2) is 40.8 Å². The molecule has 2 aromatic rings. The maximum absolute atomic E-state index is 11.8. The van der Waals surface area contributed by atoms with E-state index in [9.17, 15) is 4.79 Å². The summed E-state index contributed by atoms with van der Waals surface area (Å²) in [5.74, 6) is -0.169. The highest BCUT2D eigenvalue weighted by atomic mass is 32.1. The van der Waals surface area contributed by atoms with Gasteiger partial charge in [0.05, 0.1) is 11.1 Å². The van der Waals surface area contributed by atoms with Gasteiger partial charge in [-0.1, -0.05) is 12.1 Å². The fraction of sp³-hybridized carbons (Fsp3) is 0.294. The van der Waals surface area contributed by atoms with Crippen molar-refractivity contribution in [1.29, 1.82) is 0 Å². The Morgan fingerprint density at radius 3 is 2.82 bits per heavy atom. The van der Waals surface area contributed by atoms with E-state index in [1.165, 1.54) is 35.4 Å². The van der Waals surface area contributed by atoms with Crippen LogP contribution < -0.4 is 10.3 Å². The number of hydrogen-bond acceptors (Lipinski definition) is 4. The highest BCUT2D eigenvalue weighted by Gasteiger charge is 2.12. The van der Waals surface area contributed by atoms with Gasteiger partial charge in [0.1, 0.15) is 0 Å². The van der Waals surface area contributed by atoms with Crippen molar-refractivity contribution in [3.8, 4) is 0 Å². The average Bonchev–Trinajstić information content (AvgIpc) is 3.22. The molecule has 1 amide bonds. The summed E-state index contributed by atoms with van der Waals surface area (Å²) in [5, 5.41) is 5.93. The van der Waals surface area contributed by atoms with Crippen molar-refractivity contribution in [2.75, 3.05) is 18.0 Å². The van der Waals surface area contributed by atoms with Crippen LogP contribution in [0.1, 0.15) is 33.6 Å². The van der Waals surface area contributed by atoms with E-state index in [0.29, 0.717) is 4.88 Å². The Kier molecular flexibility index (Phi) is 4.53. The Hall–Kier alpha value is -2.14. The summed E-state index contributed by atoms with van der Waals surface area (Å²) in [6.45, 7) is 4.36. The van der Waals surface area contributed by atoms with Crippen molar-refractivity contribution in [3.63, 3.8) is 0 Å². The third-order valence-corrected chi connectivity index (χ3v) is 4.71. The normalized spacial score (nSPS) is 14.7. The highest BCUT2D eigenvalue weighted by molar-refractivity contribution is 7.12. The Bertz CT molecular complexity index is 673. The van der Waals surface area contributed by atoms with Gasteiger partial charge in [-0.2, -0.15) is 5.10 Å². The molecule has 0 radical (unpaired) electrons. The maximum Gasteiger partial charge on any atom is 0.281 e. The monoisotopic (exact) mass is 313 g/mol. The van der Waals surface area contributed by atoms with Gasteiger partial charge in [-0.05, 0) is 54.5 Å². The van der Waals surface area contributed by atoms with Crippen LogP contribution in [0, 0.1) is 6.92 Å². The molecule has 1 fully saturated rings. The molecule has 114 valence electrons. The van der Waals surface area contributed by atoms with Crippen LogP contribution in [-0.4, -0.2) is 25.2 Å². The van der Waals surface area contributed by atoms with E-state index in [4.69, 9.17) is 0 Å². The van der Waals surface area contributed by atoms with Gasteiger partial charge in [0.15, 0.2) is 0 Å². The quantitative estimate of drug-likeness (QED) is 0.694. The molecule has 1 aromatic carbocycles. The van der Waals surface area contributed by atoms with Crippen LogP contribution in [0.5, 0.6) is 0 Å². The number of carbonyl (C=O) groups is 1. The third kappa shape index (κ3) is 3.36. The molecule has 0 unspecified atom stereocenters. The Labute approximate surface area is 134 Å². The molecule has 0 aliphatic carbocycles. The van der Waals surface area contributed by atoms with Crippen molar-refractivity contribution >= 4 is 29.1 Å². The van der Waals surface area contributed by atoms with Gasteiger partial charge in [0, 0.05) is 18.8 Å². The number of amides is 1. The number of thiophene rings is 1. The van der Waals surface area contributed by atoms with E-state index in [1.54, 1.807) is 12.3 Å². The zero-order valence-electron chi connectivity index (χ0n) is 12.6. The fourth-order valence-electron chi connectivity index (χ4n) is 2.60. The zero-order valence-corrected chi connectivity index (χ0v) is 13.4. The number of nitrogens with one attached hydrogen (secondary N) is 1. The topological polar surface area (TPSA) is 44.7 Å². The van der Waals surface area contributed by atoms with Crippen LogP contribution in [0.4, 0.5) is 5.69 Å². The molecule has 1 aliphatic rings. The van der Waals surface area contributed by atoms with Gasteiger partial charge >= 0.3 is 0 Å². The number of aryl methyl sites for hydroxylation is 1. The molecule has 1 N–H and O–H groups in total. The highest BCUT2D eigenvalue weighted by Crippen LogP contribution is 2.22. The average molecular weight is 313 g/mol. The number of anilines is 1. The molecular formula is C17H19N3OS. The number of hydrazone groups is 1. The Balaban J connectivity index is 1.64. The van der Waals surface area contributed by atoms with Gasteiger partial charge < -0.3 is 4.90 Å². The lowest BCUT2D eigenvalue weighted by molar-refractivity contribution is 0.0959. The maximum atomic E-state index is 11.8. The molecule has 0 spiro atoms. The van der Waals surface area contributed by atoms with Gasteiger partial charge in [-0.3, -0.25) is 4.79 Å². The molecule has 4 nitrogen and oxygen atoms in total. The number of rotatable bonds is 4. The SMILES string of the molecule is Cc1cc(N2CCCC2)ccc1/C=N/NC(=O)c1cccs1. The summed E-state index contributed by atoms with van der Waals surface area (Å²) in [6.07, 6.45) is 4.25. The summed E-state index contributed by atoms with van der Waals surface area (Å²) in [4.78, 5) is 14.9. The minimum Gasteiger partial charge on any atom is -0.372 e. The summed E-state index contributed by atoms with van der Waals surface area (Å²) < 4.78 is 0. The van der Waals surface area contributed by atoms with E-state index in [1.807, 2.05) is 11.4 Å². The molecule has 5 heteroatoms. The van der Waals surface area contributed by atoms with Crippen molar-refractivity contribution < 1.29 is 4.79 Å². The molecule has 0 bridgehead atoms. The minimum absolute atomic E-state index is 0.169. The fourth-order valence-corrected chi connectivity index (χ4v) is 3.21. The van der Waals surface area contributed by atoms with Crippen molar-refractivity contribution in [3.05, 3.63) is 51.7 Å². The first-order valence-electron chi connectivity index (χ1n) is 7.46. The van der Waals surface area contributed by atoms with Gasteiger partial charge in [-0.15, -0.1) is 11.3 Å². The summed E-state index contributed by atoms with van der Waals surface area (Å²) in [7, 11) is 0. The molecule has 0 saturated carbocycles. The number of benzene rings is 1. The smallest absolute Gasteiger partial charge is 0.281 e. The van der Waals surface area contributed by atoms with E-state index in [-0.39, 0.29) is 5.91 Å². The van der Waals surface area contributed by atoms with E-state index in [2.05, 4.69) is 40.5 Å². The van der Waals surface area contributed by atoms with E-state index < -0.39 is 0 Å². The predicted octanol–water partition coefficient (Wildman–Crippen LogP) is 3.42. The standard InChI is InChI=1S/C17H19N3OS/c1-13-11-15(20-8-2-3-9-20)7-6-14(13)12-18-19-17(21)16-5-4-10-22-16/h4-7,10-12H,2-3,8-9H2,1H3,(H,19,21)/b18-12+. The summed E-state index contributed by atoms with van der Waals surface area (Å²) in [6, 6.07) is 10.0. The zero-order chi connectivity index (χ0) is 15.4. The van der Waals surface area contributed by atoms with Gasteiger partial charge in [-0.25, -0.2) is 5.43 Å².